The number of ketones is 1. The van der Waals surface area contributed by atoms with Crippen molar-refractivity contribution in [3.05, 3.63) is 42.2 Å². The Morgan fingerprint density at radius 3 is 3.06 bits per heavy atom. The first-order valence-corrected chi connectivity index (χ1v) is 6.38. The first kappa shape index (κ1) is 11.4. The van der Waals surface area contributed by atoms with Crippen LogP contribution in [-0.4, -0.2) is 23.4 Å². The lowest BCUT2D eigenvalue weighted by molar-refractivity contribution is 0.0916. The van der Waals surface area contributed by atoms with Crippen molar-refractivity contribution in [1.29, 1.82) is 0 Å². The van der Waals surface area contributed by atoms with Crippen LogP contribution in [-0.2, 0) is 0 Å². The molecule has 0 radical (unpaired) electrons. The van der Waals surface area contributed by atoms with Crippen LogP contribution in [0.4, 0.5) is 0 Å². The molecule has 1 aromatic heterocycles. The molecule has 1 saturated heterocycles. The number of rotatable bonds is 2. The molecule has 0 aliphatic carbocycles. The fraction of sp³-hybridized carbons (Fsp3) is 0.333. The van der Waals surface area contributed by atoms with Gasteiger partial charge in [0, 0.05) is 35.3 Å². The van der Waals surface area contributed by atoms with E-state index in [-0.39, 0.29) is 17.7 Å². The number of fused-ring (bicyclic) bond motifs is 1. The molecule has 3 rings (SSSR count). The summed E-state index contributed by atoms with van der Waals surface area (Å²) in [6.07, 6.45) is 4.47. The molecular weight excluding hydrogens is 224 g/mol. The van der Waals surface area contributed by atoms with E-state index >= 15 is 0 Å². The van der Waals surface area contributed by atoms with Crippen molar-refractivity contribution in [2.75, 3.05) is 6.54 Å². The van der Waals surface area contributed by atoms with E-state index in [0.717, 1.165) is 29.3 Å². The van der Waals surface area contributed by atoms with Gasteiger partial charge in [-0.25, -0.2) is 0 Å². The summed E-state index contributed by atoms with van der Waals surface area (Å²) < 4.78 is 0. The summed E-state index contributed by atoms with van der Waals surface area (Å²) in [6, 6.07) is 8.09. The van der Waals surface area contributed by atoms with Crippen LogP contribution in [0.25, 0.3) is 10.8 Å². The van der Waals surface area contributed by atoms with Crippen LogP contribution in [0.1, 0.15) is 23.7 Å². The van der Waals surface area contributed by atoms with Gasteiger partial charge in [0.15, 0.2) is 5.78 Å². The lowest BCUT2D eigenvalue weighted by atomic mass is 9.90. The number of pyridine rings is 1. The van der Waals surface area contributed by atoms with Crippen molar-refractivity contribution >= 4 is 16.6 Å². The standard InChI is InChI=1S/C15H16N2O/c1-10-12(6-8-17-10)15(18)13-4-2-3-11-5-7-16-9-14(11)13/h2-5,7,9-10,12,17H,6,8H2,1H3. The van der Waals surface area contributed by atoms with Crippen molar-refractivity contribution < 1.29 is 4.79 Å². The smallest absolute Gasteiger partial charge is 0.168 e. The second-order valence-corrected chi connectivity index (χ2v) is 4.90. The van der Waals surface area contributed by atoms with Gasteiger partial charge in [-0.3, -0.25) is 9.78 Å². The summed E-state index contributed by atoms with van der Waals surface area (Å²) in [5, 5.41) is 5.37. The molecule has 0 bridgehead atoms. The Labute approximate surface area is 106 Å². The van der Waals surface area contributed by atoms with Crippen LogP contribution in [0.3, 0.4) is 0 Å². The Bertz CT molecular complexity index is 589. The van der Waals surface area contributed by atoms with E-state index in [1.54, 1.807) is 12.4 Å². The van der Waals surface area contributed by atoms with E-state index < -0.39 is 0 Å². The Morgan fingerprint density at radius 1 is 1.39 bits per heavy atom. The van der Waals surface area contributed by atoms with Gasteiger partial charge in [-0.05, 0) is 31.3 Å². The zero-order valence-corrected chi connectivity index (χ0v) is 10.4. The summed E-state index contributed by atoms with van der Waals surface area (Å²) in [5.74, 6) is 0.335. The van der Waals surface area contributed by atoms with Gasteiger partial charge in [0.05, 0.1) is 0 Å². The second-order valence-electron chi connectivity index (χ2n) is 4.90. The largest absolute Gasteiger partial charge is 0.313 e. The number of nitrogens with zero attached hydrogens (tertiary/aromatic N) is 1. The van der Waals surface area contributed by atoms with Gasteiger partial charge >= 0.3 is 0 Å². The number of carbonyl (C=O) groups is 1. The van der Waals surface area contributed by atoms with Crippen molar-refractivity contribution in [3.63, 3.8) is 0 Å². The van der Waals surface area contributed by atoms with Crippen LogP contribution < -0.4 is 5.32 Å². The Balaban J connectivity index is 2.06. The maximum Gasteiger partial charge on any atom is 0.168 e. The molecule has 18 heavy (non-hydrogen) atoms. The molecule has 1 fully saturated rings. The maximum absolute atomic E-state index is 12.6. The molecular formula is C15H16N2O. The zero-order chi connectivity index (χ0) is 12.5. The fourth-order valence-corrected chi connectivity index (χ4v) is 2.74. The Hall–Kier alpha value is -1.74. The van der Waals surface area contributed by atoms with Gasteiger partial charge in [0.1, 0.15) is 0 Å². The molecule has 2 atom stereocenters. The first-order valence-electron chi connectivity index (χ1n) is 6.38. The first-order chi connectivity index (χ1) is 8.77. The Kier molecular flexibility index (Phi) is 2.84. The fourth-order valence-electron chi connectivity index (χ4n) is 2.74. The average Bonchev–Trinajstić information content (AvgIpc) is 2.83. The van der Waals surface area contributed by atoms with Crippen LogP contribution in [0.2, 0.25) is 0 Å². The van der Waals surface area contributed by atoms with Crippen LogP contribution in [0.15, 0.2) is 36.7 Å². The molecule has 2 aromatic rings. The van der Waals surface area contributed by atoms with Crippen molar-refractivity contribution in [3.8, 4) is 0 Å². The Morgan fingerprint density at radius 2 is 2.28 bits per heavy atom. The molecule has 0 amide bonds. The maximum atomic E-state index is 12.6. The predicted molar refractivity (Wildman–Crippen MR) is 71.6 cm³/mol. The molecule has 1 aromatic carbocycles. The highest BCUT2D eigenvalue weighted by atomic mass is 16.1. The number of Topliss-reactive ketones (excluding diaryl/α,β-unsaturated/α-hetero) is 1. The third-order valence-electron chi connectivity index (χ3n) is 3.81. The van der Waals surface area contributed by atoms with E-state index in [1.165, 1.54) is 0 Å². The van der Waals surface area contributed by atoms with E-state index in [0.29, 0.717) is 0 Å². The third-order valence-corrected chi connectivity index (χ3v) is 3.81. The van der Waals surface area contributed by atoms with Crippen molar-refractivity contribution in [2.45, 2.75) is 19.4 Å². The lowest BCUT2D eigenvalue weighted by Gasteiger charge is -2.14. The molecule has 2 heterocycles. The minimum Gasteiger partial charge on any atom is -0.313 e. The molecule has 92 valence electrons. The minimum atomic E-state index is 0.0933. The van der Waals surface area contributed by atoms with E-state index in [1.807, 2.05) is 24.3 Å². The molecule has 0 saturated carbocycles. The summed E-state index contributed by atoms with van der Waals surface area (Å²) in [4.78, 5) is 16.7. The monoisotopic (exact) mass is 240 g/mol. The molecule has 3 heteroatoms. The molecule has 1 aliphatic rings. The van der Waals surface area contributed by atoms with E-state index in [4.69, 9.17) is 0 Å². The number of nitrogens with one attached hydrogen (secondary N) is 1. The normalized spacial score (nSPS) is 23.4. The number of benzene rings is 1. The quantitative estimate of drug-likeness (QED) is 0.820. The van der Waals surface area contributed by atoms with Crippen LogP contribution in [0.5, 0.6) is 0 Å². The summed E-state index contributed by atoms with van der Waals surface area (Å²) in [5.41, 5.74) is 0.807. The van der Waals surface area contributed by atoms with Gasteiger partial charge in [-0.2, -0.15) is 0 Å². The number of aromatic nitrogens is 1. The number of hydrogen-bond donors (Lipinski definition) is 1. The second kappa shape index (κ2) is 4.50. The highest BCUT2D eigenvalue weighted by molar-refractivity contribution is 6.09. The summed E-state index contributed by atoms with van der Waals surface area (Å²) in [7, 11) is 0. The van der Waals surface area contributed by atoms with Gasteiger partial charge < -0.3 is 5.32 Å². The molecule has 2 unspecified atom stereocenters. The zero-order valence-electron chi connectivity index (χ0n) is 10.4. The topological polar surface area (TPSA) is 42.0 Å². The van der Waals surface area contributed by atoms with Crippen LogP contribution >= 0.6 is 0 Å². The highest BCUT2D eigenvalue weighted by Crippen LogP contribution is 2.25. The van der Waals surface area contributed by atoms with Gasteiger partial charge in [0.2, 0.25) is 0 Å². The van der Waals surface area contributed by atoms with Crippen molar-refractivity contribution in [1.82, 2.24) is 10.3 Å². The van der Waals surface area contributed by atoms with E-state index in [9.17, 15) is 4.79 Å². The molecule has 0 spiro atoms. The third kappa shape index (κ3) is 1.81. The average molecular weight is 240 g/mol. The van der Waals surface area contributed by atoms with E-state index in [2.05, 4.69) is 17.2 Å². The SMILES string of the molecule is CC1NCCC1C(=O)c1cccc2ccncc12. The summed E-state index contributed by atoms with van der Waals surface area (Å²) >= 11 is 0. The molecule has 3 nitrogen and oxygen atoms in total. The summed E-state index contributed by atoms with van der Waals surface area (Å²) in [6.45, 7) is 3.01. The molecule has 1 N–H and O–H groups in total. The van der Waals surface area contributed by atoms with Gasteiger partial charge in [-0.15, -0.1) is 0 Å². The molecule has 1 aliphatic heterocycles. The van der Waals surface area contributed by atoms with Gasteiger partial charge in [0.25, 0.3) is 0 Å². The van der Waals surface area contributed by atoms with Gasteiger partial charge in [-0.1, -0.05) is 18.2 Å². The van der Waals surface area contributed by atoms with Crippen molar-refractivity contribution in [2.24, 2.45) is 5.92 Å². The highest BCUT2D eigenvalue weighted by Gasteiger charge is 2.30. The minimum absolute atomic E-state index is 0.0933. The van der Waals surface area contributed by atoms with Crippen LogP contribution in [0, 0.1) is 5.92 Å². The number of hydrogen-bond acceptors (Lipinski definition) is 3. The number of carbonyl (C=O) groups excluding carboxylic acids is 1. The predicted octanol–water partition coefficient (Wildman–Crippen LogP) is 2.42. The lowest BCUT2D eigenvalue weighted by Crippen LogP contribution is -2.28.